The molecule has 7 heteroatoms. The fourth-order valence-corrected chi connectivity index (χ4v) is 12.8. The van der Waals surface area contributed by atoms with E-state index in [1.54, 1.807) is 0 Å². The first-order valence-corrected chi connectivity index (χ1v) is 18.0. The van der Waals surface area contributed by atoms with E-state index >= 15 is 0 Å². The van der Waals surface area contributed by atoms with Crippen LogP contribution >= 0.6 is 22.9 Å². The lowest BCUT2D eigenvalue weighted by molar-refractivity contribution is -0.202. The van der Waals surface area contributed by atoms with Crippen molar-refractivity contribution < 1.29 is 14.7 Å². The van der Waals surface area contributed by atoms with Crippen molar-refractivity contribution in [2.45, 2.75) is 112 Å². The Morgan fingerprint density at radius 1 is 1.00 bits per heavy atom. The molecule has 1 aromatic heterocycles. The summed E-state index contributed by atoms with van der Waals surface area (Å²) in [5.74, 6) is 0.791. The number of rotatable bonds is 2. The van der Waals surface area contributed by atoms with Crippen LogP contribution in [-0.2, 0) is 9.59 Å². The van der Waals surface area contributed by atoms with Crippen molar-refractivity contribution in [3.63, 3.8) is 0 Å². The van der Waals surface area contributed by atoms with Crippen LogP contribution in [-0.4, -0.2) is 27.9 Å². The smallest absolute Gasteiger partial charge is 0.232 e. The molecule has 7 rings (SSSR count). The van der Waals surface area contributed by atoms with Crippen molar-refractivity contribution >= 4 is 50.0 Å². The van der Waals surface area contributed by atoms with Gasteiger partial charge < -0.3 is 10.4 Å². The molecule has 0 saturated heterocycles. The Morgan fingerprint density at radius 2 is 1.73 bits per heavy atom. The van der Waals surface area contributed by atoms with Gasteiger partial charge >= 0.3 is 0 Å². The number of para-hydroxylation sites is 1. The van der Waals surface area contributed by atoms with E-state index in [1.807, 2.05) is 18.2 Å². The number of fused-ring (bicyclic) bond motifs is 8. The average Bonchev–Trinajstić information content (AvgIpc) is 3.37. The highest BCUT2D eigenvalue weighted by atomic mass is 35.5. The molecule has 238 valence electrons. The number of ketones is 1. The van der Waals surface area contributed by atoms with Gasteiger partial charge in [-0.3, -0.25) is 9.59 Å². The first-order valence-electron chi connectivity index (χ1n) is 16.8. The summed E-state index contributed by atoms with van der Waals surface area (Å²) in [7, 11) is 0. The highest BCUT2D eigenvalue weighted by molar-refractivity contribution is 7.22. The van der Waals surface area contributed by atoms with E-state index in [0.29, 0.717) is 21.9 Å². The fourth-order valence-electron chi connectivity index (χ4n) is 11.6. The Labute approximate surface area is 271 Å². The highest BCUT2D eigenvalue weighted by Gasteiger charge is 2.70. The monoisotopic (exact) mass is 636 g/mol. The molecule has 5 aliphatic carbocycles. The van der Waals surface area contributed by atoms with Crippen LogP contribution in [0, 0.1) is 50.2 Å². The van der Waals surface area contributed by atoms with E-state index in [1.165, 1.54) is 16.9 Å². The number of thiazole rings is 1. The second-order valence-corrected chi connectivity index (χ2v) is 18.6. The standard InChI is InChI=1S/C37H49ClN2O3S/c1-32(2)26-11-14-37(7)29(35(26,5)13-12-27(32)42)24(41)19-21-22-20-34(4,16-15-33(22,3)17-18-36(21,37)6)30(43)40-31-39-28-23(38)9-8-10-25(28)44-31/h8-10,19,22,26-27,29,42H,11-18,20H2,1-7H3,(H,39,40,43)/t22-,26-,27-,29+,33+,34-,35-,36+,37+/m0/s1. The van der Waals surface area contributed by atoms with Crippen LogP contribution in [0.25, 0.3) is 10.2 Å². The molecule has 0 aliphatic heterocycles. The Morgan fingerprint density at radius 3 is 2.45 bits per heavy atom. The fraction of sp³-hybridized carbons (Fsp3) is 0.703. The van der Waals surface area contributed by atoms with Gasteiger partial charge in [0, 0.05) is 11.3 Å². The number of carbonyl (C=O) groups excluding carboxylic acids is 2. The van der Waals surface area contributed by atoms with Crippen LogP contribution in [0.5, 0.6) is 0 Å². The summed E-state index contributed by atoms with van der Waals surface area (Å²) in [4.78, 5) is 33.3. The van der Waals surface area contributed by atoms with Crippen LogP contribution in [0.15, 0.2) is 29.8 Å². The summed E-state index contributed by atoms with van der Waals surface area (Å²) in [6.07, 6.45) is 10.3. The number of hydrogen-bond donors (Lipinski definition) is 2. The number of amides is 1. The zero-order chi connectivity index (χ0) is 31.7. The van der Waals surface area contributed by atoms with Gasteiger partial charge in [0.25, 0.3) is 0 Å². The zero-order valence-corrected chi connectivity index (χ0v) is 29.1. The lowest BCUT2D eigenvalue weighted by atomic mass is 9.33. The maximum Gasteiger partial charge on any atom is 0.232 e. The zero-order valence-electron chi connectivity index (χ0n) is 27.5. The third-order valence-electron chi connectivity index (χ3n) is 14.7. The van der Waals surface area contributed by atoms with Crippen molar-refractivity contribution in [3.8, 4) is 0 Å². The molecule has 1 heterocycles. The molecule has 2 aromatic rings. The number of aliphatic hydroxyl groups is 1. The van der Waals surface area contributed by atoms with E-state index < -0.39 is 5.41 Å². The number of aromatic nitrogens is 1. The van der Waals surface area contributed by atoms with E-state index in [2.05, 4.69) is 64.8 Å². The van der Waals surface area contributed by atoms with Crippen LogP contribution in [0.2, 0.25) is 5.02 Å². The van der Waals surface area contributed by atoms with Gasteiger partial charge in [0.15, 0.2) is 10.9 Å². The molecule has 2 N–H and O–H groups in total. The second kappa shape index (κ2) is 9.64. The van der Waals surface area contributed by atoms with Crippen molar-refractivity contribution in [2.24, 2.45) is 50.2 Å². The van der Waals surface area contributed by atoms with Gasteiger partial charge in [-0.05, 0) is 115 Å². The van der Waals surface area contributed by atoms with E-state index in [9.17, 15) is 14.7 Å². The number of halogens is 1. The molecule has 0 unspecified atom stereocenters. The minimum Gasteiger partial charge on any atom is -0.393 e. The Hall–Kier alpha value is -1.76. The average molecular weight is 637 g/mol. The molecule has 0 radical (unpaired) electrons. The Balaban J connectivity index is 1.23. The lowest BCUT2D eigenvalue weighted by Gasteiger charge is -2.70. The number of anilines is 1. The molecular weight excluding hydrogens is 588 g/mol. The number of aliphatic hydroxyl groups excluding tert-OH is 1. The summed E-state index contributed by atoms with van der Waals surface area (Å²) in [5, 5.41) is 15.4. The largest absolute Gasteiger partial charge is 0.393 e. The molecule has 5 aliphatic rings. The second-order valence-electron chi connectivity index (χ2n) is 17.2. The third kappa shape index (κ3) is 4.01. The summed E-state index contributed by atoms with van der Waals surface area (Å²) in [6.45, 7) is 16.2. The summed E-state index contributed by atoms with van der Waals surface area (Å²) >= 11 is 7.84. The maximum absolute atomic E-state index is 14.6. The van der Waals surface area contributed by atoms with Crippen molar-refractivity contribution in [3.05, 3.63) is 34.9 Å². The molecular formula is C37H49ClN2O3S. The molecule has 4 fully saturated rings. The number of benzene rings is 1. The van der Waals surface area contributed by atoms with Crippen molar-refractivity contribution in [1.29, 1.82) is 0 Å². The molecule has 1 amide bonds. The molecule has 5 nitrogen and oxygen atoms in total. The van der Waals surface area contributed by atoms with Crippen molar-refractivity contribution in [1.82, 2.24) is 4.98 Å². The van der Waals surface area contributed by atoms with E-state index in [4.69, 9.17) is 11.6 Å². The van der Waals surface area contributed by atoms with Gasteiger partial charge in [-0.1, -0.05) is 83.0 Å². The molecule has 9 atom stereocenters. The lowest BCUT2D eigenvalue weighted by Crippen LogP contribution is -2.66. The summed E-state index contributed by atoms with van der Waals surface area (Å²) in [5.41, 5.74) is 1.01. The quantitative estimate of drug-likeness (QED) is 0.344. The molecule has 1 aromatic carbocycles. The Bertz CT molecular complexity index is 1600. The number of carbonyl (C=O) groups is 2. The predicted molar refractivity (Wildman–Crippen MR) is 179 cm³/mol. The molecule has 44 heavy (non-hydrogen) atoms. The number of allylic oxidation sites excluding steroid dienone is 2. The molecule has 0 bridgehead atoms. The van der Waals surface area contributed by atoms with Crippen LogP contribution < -0.4 is 5.32 Å². The molecule has 0 spiro atoms. The number of nitrogens with zero attached hydrogens (tertiary/aromatic N) is 1. The van der Waals surface area contributed by atoms with Gasteiger partial charge in [-0.15, -0.1) is 0 Å². The summed E-state index contributed by atoms with van der Waals surface area (Å²) in [6, 6.07) is 5.72. The summed E-state index contributed by atoms with van der Waals surface area (Å²) < 4.78 is 0.963. The van der Waals surface area contributed by atoms with E-state index in [0.717, 1.165) is 68.0 Å². The number of nitrogens with one attached hydrogen (secondary N) is 1. The number of hydrogen-bond acceptors (Lipinski definition) is 5. The van der Waals surface area contributed by atoms with Gasteiger partial charge in [0.05, 0.1) is 15.8 Å². The minimum absolute atomic E-state index is 0.0184. The maximum atomic E-state index is 14.6. The van der Waals surface area contributed by atoms with Gasteiger partial charge in [0.2, 0.25) is 5.91 Å². The van der Waals surface area contributed by atoms with Gasteiger partial charge in [-0.2, -0.15) is 0 Å². The highest BCUT2D eigenvalue weighted by Crippen LogP contribution is 2.75. The molecule has 4 saturated carbocycles. The van der Waals surface area contributed by atoms with Crippen LogP contribution in [0.3, 0.4) is 0 Å². The minimum atomic E-state index is -0.557. The SMILES string of the molecule is CC1(C)[C@@H](O)CC[C@]2(C)[C@H]3C(=O)C=C4[C@@H]5C[C@@](C)(C(=O)Nc6nc7c(Cl)cccc7s6)CC[C@]5(C)CC[C@@]4(C)[C@]3(C)CC[C@@H]12. The van der Waals surface area contributed by atoms with Gasteiger partial charge in [0.1, 0.15) is 5.52 Å². The van der Waals surface area contributed by atoms with E-state index in [-0.39, 0.29) is 50.9 Å². The first kappa shape index (κ1) is 30.9. The normalized spacial score (nSPS) is 44.6. The Kier molecular flexibility index (Phi) is 6.76. The first-order chi connectivity index (χ1) is 20.5. The predicted octanol–water partition coefficient (Wildman–Crippen LogP) is 9.23. The van der Waals surface area contributed by atoms with Crippen LogP contribution in [0.1, 0.15) is 106 Å². The van der Waals surface area contributed by atoms with Crippen molar-refractivity contribution in [2.75, 3.05) is 5.32 Å². The third-order valence-corrected chi connectivity index (χ3v) is 15.9. The van der Waals surface area contributed by atoms with Gasteiger partial charge in [-0.25, -0.2) is 4.98 Å². The topological polar surface area (TPSA) is 79.3 Å². The van der Waals surface area contributed by atoms with Crippen LogP contribution in [0.4, 0.5) is 5.13 Å².